The molecule has 1 N–H and O–H groups in total. The number of aliphatic hydroxyl groups is 1. The molecule has 2 heteroatoms. The van der Waals surface area contributed by atoms with E-state index < -0.39 is 6.10 Å². The van der Waals surface area contributed by atoms with Gasteiger partial charge < -0.3 is 9.84 Å². The highest BCUT2D eigenvalue weighted by Gasteiger charge is 2.15. The molecule has 0 aliphatic rings. The van der Waals surface area contributed by atoms with Crippen LogP contribution in [0.15, 0.2) is 24.3 Å². The van der Waals surface area contributed by atoms with Gasteiger partial charge in [-0.2, -0.15) is 0 Å². The molecule has 78 valence electrons. The standard InChI is InChI=1S/C12H18O2/c1-4-14-10(3)12(13)11-7-5-9(2)6-8-11/h5-8,10,12-13H,4H2,1-3H3. The lowest BCUT2D eigenvalue weighted by molar-refractivity contribution is -0.0227. The molecule has 0 saturated heterocycles. The molecular formula is C12H18O2. The molecule has 0 aliphatic carbocycles. The second kappa shape index (κ2) is 5.13. The van der Waals surface area contributed by atoms with Crippen LogP contribution in [0, 0.1) is 6.92 Å². The van der Waals surface area contributed by atoms with Crippen molar-refractivity contribution < 1.29 is 9.84 Å². The first-order chi connectivity index (χ1) is 6.65. The zero-order valence-corrected chi connectivity index (χ0v) is 9.03. The van der Waals surface area contributed by atoms with Crippen LogP contribution >= 0.6 is 0 Å². The van der Waals surface area contributed by atoms with Gasteiger partial charge in [0.1, 0.15) is 6.10 Å². The zero-order valence-electron chi connectivity index (χ0n) is 9.03. The van der Waals surface area contributed by atoms with Crippen LogP contribution in [0.1, 0.15) is 31.1 Å². The summed E-state index contributed by atoms with van der Waals surface area (Å²) in [5.41, 5.74) is 2.11. The van der Waals surface area contributed by atoms with Crippen molar-refractivity contribution in [3.8, 4) is 0 Å². The first-order valence-electron chi connectivity index (χ1n) is 5.01. The molecule has 2 unspecified atom stereocenters. The van der Waals surface area contributed by atoms with Gasteiger partial charge in [0.25, 0.3) is 0 Å². The van der Waals surface area contributed by atoms with E-state index in [4.69, 9.17) is 4.74 Å². The van der Waals surface area contributed by atoms with Crippen molar-refractivity contribution in [2.24, 2.45) is 0 Å². The molecule has 0 bridgehead atoms. The monoisotopic (exact) mass is 194 g/mol. The van der Waals surface area contributed by atoms with Crippen LogP contribution in [0.4, 0.5) is 0 Å². The van der Waals surface area contributed by atoms with Crippen LogP contribution < -0.4 is 0 Å². The molecule has 1 aromatic rings. The normalized spacial score (nSPS) is 15.1. The Balaban J connectivity index is 2.68. The van der Waals surface area contributed by atoms with Crippen LogP contribution in [0.2, 0.25) is 0 Å². The molecular weight excluding hydrogens is 176 g/mol. The summed E-state index contributed by atoms with van der Waals surface area (Å²) in [6, 6.07) is 7.87. The van der Waals surface area contributed by atoms with Gasteiger partial charge in [-0.15, -0.1) is 0 Å². The molecule has 0 aromatic heterocycles. The highest BCUT2D eigenvalue weighted by molar-refractivity contribution is 5.23. The molecule has 0 aliphatic heterocycles. The minimum absolute atomic E-state index is 0.150. The number of aryl methyl sites for hydroxylation is 1. The zero-order chi connectivity index (χ0) is 10.6. The molecule has 0 saturated carbocycles. The Morgan fingerprint density at radius 2 is 1.86 bits per heavy atom. The van der Waals surface area contributed by atoms with Crippen LogP contribution in [0.5, 0.6) is 0 Å². The summed E-state index contributed by atoms with van der Waals surface area (Å²) in [6.07, 6.45) is -0.682. The maximum absolute atomic E-state index is 9.89. The minimum Gasteiger partial charge on any atom is -0.386 e. The fourth-order valence-corrected chi connectivity index (χ4v) is 1.39. The number of hydrogen-bond acceptors (Lipinski definition) is 2. The van der Waals surface area contributed by atoms with E-state index in [1.54, 1.807) is 0 Å². The van der Waals surface area contributed by atoms with E-state index >= 15 is 0 Å². The fraction of sp³-hybridized carbons (Fsp3) is 0.500. The van der Waals surface area contributed by atoms with E-state index in [-0.39, 0.29) is 6.10 Å². The first kappa shape index (κ1) is 11.2. The second-order valence-electron chi connectivity index (χ2n) is 3.52. The van der Waals surface area contributed by atoms with Gasteiger partial charge >= 0.3 is 0 Å². The number of ether oxygens (including phenoxy) is 1. The first-order valence-corrected chi connectivity index (χ1v) is 5.01. The van der Waals surface area contributed by atoms with Gasteiger partial charge in [0.15, 0.2) is 0 Å². The van der Waals surface area contributed by atoms with Gasteiger partial charge in [0, 0.05) is 6.61 Å². The van der Waals surface area contributed by atoms with Gasteiger partial charge in [-0.25, -0.2) is 0 Å². The fourth-order valence-electron chi connectivity index (χ4n) is 1.39. The third kappa shape index (κ3) is 2.82. The summed E-state index contributed by atoms with van der Waals surface area (Å²) < 4.78 is 5.34. The Morgan fingerprint density at radius 1 is 1.29 bits per heavy atom. The van der Waals surface area contributed by atoms with Crippen molar-refractivity contribution >= 4 is 0 Å². The van der Waals surface area contributed by atoms with Crippen LogP contribution in [0.25, 0.3) is 0 Å². The maximum atomic E-state index is 9.89. The van der Waals surface area contributed by atoms with Crippen molar-refractivity contribution in [1.82, 2.24) is 0 Å². The number of rotatable bonds is 4. The topological polar surface area (TPSA) is 29.5 Å². The van der Waals surface area contributed by atoms with Gasteiger partial charge in [-0.1, -0.05) is 29.8 Å². The van der Waals surface area contributed by atoms with Crippen LogP contribution in [-0.2, 0) is 4.74 Å². The van der Waals surface area contributed by atoms with E-state index in [1.165, 1.54) is 5.56 Å². The molecule has 1 aromatic carbocycles. The van der Waals surface area contributed by atoms with Crippen LogP contribution in [-0.4, -0.2) is 17.8 Å². The Morgan fingerprint density at radius 3 is 2.36 bits per heavy atom. The molecule has 0 heterocycles. The van der Waals surface area contributed by atoms with E-state index in [9.17, 15) is 5.11 Å². The lowest BCUT2D eigenvalue weighted by Crippen LogP contribution is -2.18. The van der Waals surface area contributed by atoms with E-state index in [0.29, 0.717) is 6.61 Å². The highest BCUT2D eigenvalue weighted by Crippen LogP contribution is 2.19. The molecule has 2 atom stereocenters. The molecule has 1 rings (SSSR count). The Kier molecular flexibility index (Phi) is 4.11. The van der Waals surface area contributed by atoms with E-state index in [1.807, 2.05) is 45.0 Å². The molecule has 2 nitrogen and oxygen atoms in total. The Hall–Kier alpha value is -0.860. The summed E-state index contributed by atoms with van der Waals surface area (Å²) in [5.74, 6) is 0. The molecule has 0 amide bonds. The maximum Gasteiger partial charge on any atom is 0.105 e. The van der Waals surface area contributed by atoms with E-state index in [2.05, 4.69) is 0 Å². The smallest absolute Gasteiger partial charge is 0.105 e. The second-order valence-corrected chi connectivity index (χ2v) is 3.52. The predicted molar refractivity (Wildman–Crippen MR) is 57.2 cm³/mol. The van der Waals surface area contributed by atoms with Gasteiger partial charge in [-0.3, -0.25) is 0 Å². The molecule has 14 heavy (non-hydrogen) atoms. The van der Waals surface area contributed by atoms with Crippen molar-refractivity contribution in [1.29, 1.82) is 0 Å². The lowest BCUT2D eigenvalue weighted by atomic mass is 10.0. The average Bonchev–Trinajstić information content (AvgIpc) is 2.18. The van der Waals surface area contributed by atoms with Crippen molar-refractivity contribution in [3.63, 3.8) is 0 Å². The molecule has 0 radical (unpaired) electrons. The summed E-state index contributed by atoms with van der Waals surface area (Å²) >= 11 is 0. The van der Waals surface area contributed by atoms with Crippen molar-refractivity contribution in [2.45, 2.75) is 33.0 Å². The minimum atomic E-state index is -0.532. The quantitative estimate of drug-likeness (QED) is 0.797. The summed E-state index contributed by atoms with van der Waals surface area (Å²) in [5, 5.41) is 9.89. The van der Waals surface area contributed by atoms with Crippen LogP contribution in [0.3, 0.4) is 0 Å². The highest BCUT2D eigenvalue weighted by atomic mass is 16.5. The number of aliphatic hydroxyl groups excluding tert-OH is 1. The number of benzene rings is 1. The van der Waals surface area contributed by atoms with Gasteiger partial charge in [0.2, 0.25) is 0 Å². The lowest BCUT2D eigenvalue weighted by Gasteiger charge is -2.19. The summed E-state index contributed by atoms with van der Waals surface area (Å²) in [7, 11) is 0. The van der Waals surface area contributed by atoms with E-state index in [0.717, 1.165) is 5.56 Å². The van der Waals surface area contributed by atoms with Gasteiger partial charge in [-0.05, 0) is 26.3 Å². The largest absolute Gasteiger partial charge is 0.386 e. The average molecular weight is 194 g/mol. The summed E-state index contributed by atoms with van der Waals surface area (Å²) in [4.78, 5) is 0. The van der Waals surface area contributed by atoms with Gasteiger partial charge in [0.05, 0.1) is 6.10 Å². The molecule has 0 fully saturated rings. The third-order valence-electron chi connectivity index (χ3n) is 2.29. The third-order valence-corrected chi connectivity index (χ3v) is 2.29. The van der Waals surface area contributed by atoms with Crippen molar-refractivity contribution in [3.05, 3.63) is 35.4 Å². The Labute approximate surface area is 85.5 Å². The Bertz CT molecular complexity index is 266. The predicted octanol–water partition coefficient (Wildman–Crippen LogP) is 2.45. The number of hydrogen-bond donors (Lipinski definition) is 1. The summed E-state index contributed by atoms with van der Waals surface area (Å²) in [6.45, 7) is 6.47. The molecule has 0 spiro atoms. The van der Waals surface area contributed by atoms with Crippen molar-refractivity contribution in [2.75, 3.05) is 6.61 Å². The SMILES string of the molecule is CCOC(C)C(O)c1ccc(C)cc1.